The summed E-state index contributed by atoms with van der Waals surface area (Å²) in [5.41, 5.74) is 33.4. The zero-order chi connectivity index (χ0) is 82.3. The maximum atomic E-state index is 14.9. The van der Waals surface area contributed by atoms with Gasteiger partial charge in [0.2, 0.25) is 65.0 Å². The van der Waals surface area contributed by atoms with E-state index in [2.05, 4.69) is 52.5 Å². The summed E-state index contributed by atoms with van der Waals surface area (Å²) in [4.78, 5) is 189. The van der Waals surface area contributed by atoms with Crippen LogP contribution in [0.4, 0.5) is 0 Å². The van der Waals surface area contributed by atoms with E-state index in [1.807, 2.05) is 13.8 Å². The Morgan fingerprint density at radius 3 is 1.44 bits per heavy atom. The van der Waals surface area contributed by atoms with Crippen LogP contribution in [0.2, 0.25) is 0 Å². The quantitative estimate of drug-likeness (QED) is 0.0164. The molecule has 1 aromatic carbocycles. The van der Waals surface area contributed by atoms with E-state index in [0.717, 1.165) is 37.7 Å². The lowest BCUT2D eigenvalue weighted by Gasteiger charge is -2.35. The minimum atomic E-state index is -2.51. The van der Waals surface area contributed by atoms with Gasteiger partial charge >= 0.3 is 5.97 Å². The van der Waals surface area contributed by atoms with Gasteiger partial charge in [-0.2, -0.15) is 0 Å². The molecule has 0 heterocycles. The third kappa shape index (κ3) is 31.4. The fourth-order valence-corrected chi connectivity index (χ4v) is 11.4. The molecule has 0 aliphatic rings. The number of carbonyl (C=O) groups excluding carboxylic acids is 12. The largest absolute Gasteiger partial charge is 0.508 e. The summed E-state index contributed by atoms with van der Waals surface area (Å²) >= 11 is 0. The zero-order valence-corrected chi connectivity index (χ0v) is 63.7. The number of carboxylic acids is 1. The van der Waals surface area contributed by atoms with Crippen LogP contribution in [0, 0.1) is 35.5 Å². The Morgan fingerprint density at radius 1 is 0.495 bits per heavy atom. The first-order valence-corrected chi connectivity index (χ1v) is 35.2. The highest BCUT2D eigenvalue weighted by molar-refractivity contribution is 5.99. The summed E-state index contributed by atoms with van der Waals surface area (Å²) in [5, 5.41) is 95.3. The molecule has 0 saturated heterocycles. The van der Waals surface area contributed by atoms with Gasteiger partial charge in [0.05, 0.1) is 30.3 Å². The number of guanidine groups is 2. The molecule has 0 bridgehead atoms. The fraction of sp³-hybridized carbons (Fsp3) is 0.691. The lowest BCUT2D eigenvalue weighted by Crippen LogP contribution is -2.64. The van der Waals surface area contributed by atoms with Crippen molar-refractivity contribution in [1.82, 2.24) is 52.3 Å². The number of phenols is 1. The normalized spacial score (nSPS) is 17.0. The van der Waals surface area contributed by atoms with Crippen molar-refractivity contribution in [2.24, 2.45) is 79.9 Å². The number of nitrogens with one attached hydrogen (secondary N) is 8. The SMILES string of the molecule is CO[C@@H](c1ccc(O)cc1)[C@@H](NC(=O)[C@H](CCC(N)=O)N(C)C(=O)[C@H](CC(C)C)NC(=O)[C@@H](CCCN=C(N)N)NC(=O)[C@@H](NC(=O)[C@@H](NC(=O)[C@@H](NC(=O)[C@H](O)[C@H](O)[C@H](CCCN=C(N)N)NC(=O)[C@H](C)NC(=O)[C@H](C)[C@H](O)[C@@H](C)CC(C)C)[C@@H](C)[C@@H](C)C(N)=O)[C@@H](C)O)[C@H](C)O)C(=O)N(C)[C@@H](C)C(=O)O. The highest BCUT2D eigenvalue weighted by atomic mass is 16.5. The molecule has 20 atom stereocenters. The molecule has 1 rings (SSSR count). The Labute approximate surface area is 623 Å². The van der Waals surface area contributed by atoms with E-state index < -0.39 is 210 Å². The van der Waals surface area contributed by atoms with Crippen LogP contribution in [0.25, 0.3) is 0 Å². The molecule has 0 aliphatic carbocycles. The number of likely N-dealkylation sites (N-methyl/N-ethyl adjacent to an activating group) is 2. The number of nitrogens with zero attached hydrogens (tertiary/aromatic N) is 4. The molecule has 0 saturated carbocycles. The number of primary amides is 2. The van der Waals surface area contributed by atoms with Crippen LogP contribution in [-0.4, -0.2) is 260 Å². The number of amides is 12. The van der Waals surface area contributed by atoms with Crippen molar-refractivity contribution in [3.05, 3.63) is 29.8 Å². The van der Waals surface area contributed by atoms with Gasteiger partial charge in [0.1, 0.15) is 72.3 Å². The van der Waals surface area contributed by atoms with Crippen molar-refractivity contribution in [2.45, 2.75) is 231 Å². The summed E-state index contributed by atoms with van der Waals surface area (Å²) in [6.45, 7) is 17.4. The smallest absolute Gasteiger partial charge is 0.326 e. The minimum Gasteiger partial charge on any atom is -0.508 e. The van der Waals surface area contributed by atoms with Gasteiger partial charge in [0, 0.05) is 46.6 Å². The molecular weight excluding hydrogens is 1400 g/mol. The molecule has 606 valence electrons. The highest BCUT2D eigenvalue weighted by Crippen LogP contribution is 2.27. The van der Waals surface area contributed by atoms with Crippen LogP contribution >= 0.6 is 0 Å². The van der Waals surface area contributed by atoms with E-state index in [1.54, 1.807) is 20.8 Å². The second-order valence-corrected chi connectivity index (χ2v) is 28.0. The van der Waals surface area contributed by atoms with Crippen LogP contribution in [0.5, 0.6) is 5.75 Å². The summed E-state index contributed by atoms with van der Waals surface area (Å²) in [6.07, 6.45) is -12.1. The number of ether oxygens (including phenoxy) is 1. The number of aliphatic hydroxyl groups is 5. The number of aromatic hydroxyl groups is 1. The van der Waals surface area contributed by atoms with Gasteiger partial charge in [-0.3, -0.25) is 67.5 Å². The molecule has 12 amide bonds. The van der Waals surface area contributed by atoms with E-state index in [0.29, 0.717) is 6.42 Å². The van der Waals surface area contributed by atoms with Crippen molar-refractivity contribution in [1.29, 1.82) is 0 Å². The number of aliphatic hydroxyl groups excluding tert-OH is 5. The van der Waals surface area contributed by atoms with Crippen LogP contribution in [0.15, 0.2) is 34.3 Å². The molecular formula is C68H118N18O21. The number of aliphatic imine (C=N–C) groups is 2. The van der Waals surface area contributed by atoms with E-state index in [9.17, 15) is 98.1 Å². The molecule has 39 nitrogen and oxygen atoms in total. The number of carboxylic acid groups (broad SMARTS) is 1. The predicted octanol–water partition coefficient (Wildman–Crippen LogP) is -5.92. The van der Waals surface area contributed by atoms with Crippen molar-refractivity contribution >= 4 is 88.8 Å². The molecule has 0 spiro atoms. The number of nitrogens with two attached hydrogens (primary N) is 6. The van der Waals surface area contributed by atoms with Gasteiger partial charge in [0.25, 0.3) is 5.91 Å². The third-order valence-corrected chi connectivity index (χ3v) is 18.2. The Morgan fingerprint density at radius 2 is 0.972 bits per heavy atom. The Balaban J connectivity index is 3.82. The summed E-state index contributed by atoms with van der Waals surface area (Å²) < 4.78 is 5.68. The lowest BCUT2D eigenvalue weighted by molar-refractivity contribution is -0.152. The van der Waals surface area contributed by atoms with Gasteiger partial charge in [0.15, 0.2) is 18.0 Å². The van der Waals surface area contributed by atoms with Crippen molar-refractivity contribution < 1.29 is 103 Å². The Hall–Kier alpha value is -9.57. The van der Waals surface area contributed by atoms with Gasteiger partial charge in [-0.1, -0.05) is 67.5 Å². The van der Waals surface area contributed by atoms with Gasteiger partial charge in [-0.25, -0.2) is 4.79 Å². The monoisotopic (exact) mass is 1520 g/mol. The molecule has 27 N–H and O–H groups in total. The van der Waals surface area contributed by atoms with Crippen LogP contribution in [0.1, 0.15) is 146 Å². The van der Waals surface area contributed by atoms with Crippen molar-refractivity contribution in [3.63, 3.8) is 0 Å². The highest BCUT2D eigenvalue weighted by Gasteiger charge is 2.44. The number of rotatable bonds is 48. The second kappa shape index (κ2) is 45.8. The van der Waals surface area contributed by atoms with Gasteiger partial charge < -0.3 is 127 Å². The third-order valence-electron chi connectivity index (χ3n) is 18.2. The van der Waals surface area contributed by atoms with Gasteiger partial charge in [-0.05, 0) is 114 Å². The number of hydrogen-bond acceptors (Lipinski definition) is 22. The molecule has 107 heavy (non-hydrogen) atoms. The first-order chi connectivity index (χ1) is 49.6. The zero-order valence-electron chi connectivity index (χ0n) is 63.7. The second-order valence-electron chi connectivity index (χ2n) is 28.0. The number of carbonyl (C=O) groups is 13. The van der Waals surface area contributed by atoms with E-state index in [-0.39, 0.29) is 80.3 Å². The number of aliphatic carboxylic acids is 1. The Kier molecular flexibility index (Phi) is 40.9. The van der Waals surface area contributed by atoms with Gasteiger partial charge in [-0.15, -0.1) is 0 Å². The fourth-order valence-electron chi connectivity index (χ4n) is 11.4. The molecule has 0 aliphatic heterocycles. The number of hydrogen-bond donors (Lipinski definition) is 21. The van der Waals surface area contributed by atoms with Crippen molar-refractivity contribution in [3.8, 4) is 5.75 Å². The maximum Gasteiger partial charge on any atom is 0.326 e. The molecule has 1 aromatic rings. The molecule has 0 fully saturated rings. The Bertz CT molecular complexity index is 3210. The topological polar surface area (TPSA) is 656 Å². The molecule has 0 aromatic heterocycles. The first-order valence-electron chi connectivity index (χ1n) is 35.2. The van der Waals surface area contributed by atoms with E-state index in [1.165, 1.54) is 66.0 Å². The molecule has 0 unspecified atom stereocenters. The van der Waals surface area contributed by atoms with Crippen LogP contribution in [-0.2, 0) is 67.1 Å². The maximum absolute atomic E-state index is 14.9. The summed E-state index contributed by atoms with van der Waals surface area (Å²) in [7, 11) is 3.50. The van der Waals surface area contributed by atoms with Crippen LogP contribution in [0.3, 0.4) is 0 Å². The number of methoxy groups -OCH3 is 1. The standard InChI is InChI=1S/C68H118N18O21/c1-30(2)28-32(5)51(91)35(8)56(95)77-36(9)57(96)78-42(18-16-26-75-67(71)72)52(92)53(93)63(102)81-47(33(6)34(7)55(70)94)60(99)82-49(39(12)88)62(101)83-48(38(11)87)61(100)79-43(19-17-27-76-68(73)74)58(97)80-44(29-31(3)4)64(103)86(14)45(24-25-46(69)90)59(98)84-50(65(104)85(13)37(10)66(105)106)54(107-15)40-20-22-41(89)23-21-40/h20-23,30-39,42-45,47-54,87-89,91-93H,16-19,24-29H2,1-15H3,(H2,69,90)(H2,70,94)(H,77,95)(H,78,96)(H,79,100)(H,80,97)(H,81,102)(H,82,99)(H,83,101)(H,84,98)(H,105,106)(H4,71,72,75)(H4,73,74,76)/t32-,33-,34+,35+,36-,37-,38-,39+,42-,43+,44-,45-,47-,48-,49-,50+,51+,52+,53+,54-/m0/s1. The predicted molar refractivity (Wildman–Crippen MR) is 390 cm³/mol. The average Bonchev–Trinajstić information content (AvgIpc) is 0.804. The lowest BCUT2D eigenvalue weighted by atomic mass is 9.87. The van der Waals surface area contributed by atoms with E-state index in [4.69, 9.17) is 39.1 Å². The summed E-state index contributed by atoms with van der Waals surface area (Å²) in [6, 6.07) is -11.8. The van der Waals surface area contributed by atoms with E-state index >= 15 is 0 Å². The van der Waals surface area contributed by atoms with Crippen LogP contribution < -0.4 is 76.9 Å². The average molecular weight is 1520 g/mol. The minimum absolute atomic E-state index is 0.0188. The molecule has 39 heteroatoms. The number of benzene rings is 1. The molecule has 0 radical (unpaired) electrons. The summed E-state index contributed by atoms with van der Waals surface area (Å²) in [5.74, 6) is -19.4. The first kappa shape index (κ1) is 95.4. The van der Waals surface area contributed by atoms with Crippen molar-refractivity contribution in [2.75, 3.05) is 34.3 Å². The number of phenolic OH excluding ortho intramolecular Hbond substituents is 1.